The molecule has 0 amide bonds. The summed E-state index contributed by atoms with van der Waals surface area (Å²) >= 11 is 2.08. The maximum Gasteiger partial charge on any atom is 0.0625 e. The molecule has 3 nitrogen and oxygen atoms in total. The lowest BCUT2D eigenvalue weighted by Gasteiger charge is -2.09. The number of thioether (sulfide) groups is 1. The summed E-state index contributed by atoms with van der Waals surface area (Å²) in [6.07, 6.45) is 2.40. The molecule has 90 valence electrons. The summed E-state index contributed by atoms with van der Waals surface area (Å²) in [5, 5.41) is 8.00. The van der Waals surface area contributed by atoms with E-state index in [1.165, 1.54) is 29.3 Å². The normalized spacial score (nSPS) is 20.5. The van der Waals surface area contributed by atoms with Gasteiger partial charge < -0.3 is 5.32 Å². The molecule has 0 aliphatic carbocycles. The predicted octanol–water partition coefficient (Wildman–Crippen LogP) is 1.83. The van der Waals surface area contributed by atoms with Gasteiger partial charge in [0, 0.05) is 13.6 Å². The molecule has 0 radical (unpaired) electrons. The van der Waals surface area contributed by atoms with Crippen LogP contribution in [0.2, 0.25) is 0 Å². The summed E-state index contributed by atoms with van der Waals surface area (Å²) in [6.45, 7) is 4.25. The Morgan fingerprint density at radius 2 is 2.50 bits per heavy atom. The second kappa shape index (κ2) is 5.73. The van der Waals surface area contributed by atoms with Gasteiger partial charge in [0.25, 0.3) is 0 Å². The Morgan fingerprint density at radius 1 is 1.62 bits per heavy atom. The molecule has 1 fully saturated rings. The van der Waals surface area contributed by atoms with Crippen LogP contribution in [0.4, 0.5) is 0 Å². The second-order valence-corrected chi connectivity index (χ2v) is 5.61. The number of aryl methyl sites for hydroxylation is 2. The Labute approximate surface area is 102 Å². The van der Waals surface area contributed by atoms with E-state index in [1.54, 1.807) is 0 Å². The minimum absolute atomic E-state index is 0.879. The first-order chi connectivity index (χ1) is 7.79. The molecule has 1 unspecified atom stereocenters. The van der Waals surface area contributed by atoms with Crippen LogP contribution in [0.3, 0.4) is 0 Å². The van der Waals surface area contributed by atoms with Crippen LogP contribution < -0.4 is 5.32 Å². The predicted molar refractivity (Wildman–Crippen MR) is 69.7 cm³/mol. The van der Waals surface area contributed by atoms with Crippen LogP contribution in [0, 0.1) is 5.92 Å². The van der Waals surface area contributed by atoms with Crippen molar-refractivity contribution in [2.45, 2.75) is 26.3 Å². The molecule has 1 N–H and O–H groups in total. The monoisotopic (exact) mass is 239 g/mol. The van der Waals surface area contributed by atoms with Gasteiger partial charge in [-0.25, -0.2) is 0 Å². The highest BCUT2D eigenvalue weighted by molar-refractivity contribution is 7.99. The van der Waals surface area contributed by atoms with Crippen molar-refractivity contribution < 1.29 is 0 Å². The van der Waals surface area contributed by atoms with Gasteiger partial charge in [-0.05, 0) is 42.9 Å². The fourth-order valence-electron chi connectivity index (χ4n) is 2.06. The topological polar surface area (TPSA) is 29.9 Å². The van der Waals surface area contributed by atoms with Crippen LogP contribution in [0.25, 0.3) is 0 Å². The zero-order valence-corrected chi connectivity index (χ0v) is 11.0. The highest BCUT2D eigenvalue weighted by Crippen LogP contribution is 2.22. The van der Waals surface area contributed by atoms with Crippen molar-refractivity contribution in [3.63, 3.8) is 0 Å². The van der Waals surface area contributed by atoms with Crippen LogP contribution in [0.15, 0.2) is 6.07 Å². The Hall–Kier alpha value is -0.480. The zero-order valence-electron chi connectivity index (χ0n) is 10.2. The number of hydrogen-bond acceptors (Lipinski definition) is 3. The van der Waals surface area contributed by atoms with Gasteiger partial charge in [-0.3, -0.25) is 4.68 Å². The van der Waals surface area contributed by atoms with Crippen LogP contribution >= 0.6 is 11.8 Å². The standard InChI is InChI=1S/C12H21N3S/c1-3-11-6-12(15(2)14-11)8-13-7-10-4-5-16-9-10/h6,10,13H,3-5,7-9H2,1-2H3. The van der Waals surface area contributed by atoms with E-state index in [9.17, 15) is 0 Å². The Kier molecular flexibility index (Phi) is 4.29. The average molecular weight is 239 g/mol. The Balaban J connectivity index is 1.77. The second-order valence-electron chi connectivity index (χ2n) is 4.46. The molecule has 1 aliphatic heterocycles. The number of hydrogen-bond donors (Lipinski definition) is 1. The van der Waals surface area contributed by atoms with E-state index in [0.717, 1.165) is 25.4 Å². The quantitative estimate of drug-likeness (QED) is 0.850. The third kappa shape index (κ3) is 3.01. The van der Waals surface area contributed by atoms with E-state index in [1.807, 2.05) is 11.7 Å². The van der Waals surface area contributed by atoms with Gasteiger partial charge in [-0.2, -0.15) is 16.9 Å². The molecule has 1 atom stereocenters. The minimum atomic E-state index is 0.879. The highest BCUT2D eigenvalue weighted by Gasteiger charge is 2.14. The van der Waals surface area contributed by atoms with E-state index in [4.69, 9.17) is 0 Å². The summed E-state index contributed by atoms with van der Waals surface area (Å²) in [6, 6.07) is 2.20. The van der Waals surface area contributed by atoms with Crippen LogP contribution in [-0.4, -0.2) is 27.8 Å². The molecular formula is C12H21N3S. The molecule has 0 saturated carbocycles. The van der Waals surface area contributed by atoms with Crippen molar-refractivity contribution >= 4 is 11.8 Å². The summed E-state index contributed by atoms with van der Waals surface area (Å²) in [7, 11) is 2.03. The van der Waals surface area contributed by atoms with Gasteiger partial charge >= 0.3 is 0 Å². The van der Waals surface area contributed by atoms with Gasteiger partial charge in [-0.15, -0.1) is 0 Å². The largest absolute Gasteiger partial charge is 0.311 e. The molecular weight excluding hydrogens is 218 g/mol. The Bertz CT molecular complexity index is 329. The van der Waals surface area contributed by atoms with Gasteiger partial charge in [0.1, 0.15) is 0 Å². The van der Waals surface area contributed by atoms with Gasteiger partial charge in [0.2, 0.25) is 0 Å². The zero-order chi connectivity index (χ0) is 11.4. The Morgan fingerprint density at radius 3 is 3.12 bits per heavy atom. The van der Waals surface area contributed by atoms with Crippen LogP contribution in [0.5, 0.6) is 0 Å². The lowest BCUT2D eigenvalue weighted by atomic mass is 10.1. The number of aromatic nitrogens is 2. The van der Waals surface area contributed by atoms with Crippen LogP contribution in [-0.2, 0) is 20.0 Å². The lowest BCUT2D eigenvalue weighted by Crippen LogP contribution is -2.23. The number of nitrogens with zero attached hydrogens (tertiary/aromatic N) is 2. The number of rotatable bonds is 5. The van der Waals surface area contributed by atoms with E-state index in [0.29, 0.717) is 0 Å². The van der Waals surface area contributed by atoms with Crippen molar-refractivity contribution in [3.05, 3.63) is 17.5 Å². The number of nitrogens with one attached hydrogen (secondary N) is 1. The first-order valence-corrected chi connectivity index (χ1v) is 7.25. The summed E-state index contributed by atoms with van der Waals surface area (Å²) in [4.78, 5) is 0. The van der Waals surface area contributed by atoms with Crippen LogP contribution in [0.1, 0.15) is 24.7 Å². The molecule has 1 saturated heterocycles. The third-order valence-electron chi connectivity index (χ3n) is 3.15. The first-order valence-electron chi connectivity index (χ1n) is 6.10. The average Bonchev–Trinajstić information content (AvgIpc) is 2.89. The molecule has 4 heteroatoms. The summed E-state index contributed by atoms with van der Waals surface area (Å²) in [5.41, 5.74) is 2.48. The maximum absolute atomic E-state index is 4.45. The van der Waals surface area contributed by atoms with E-state index in [-0.39, 0.29) is 0 Å². The van der Waals surface area contributed by atoms with Crippen molar-refractivity contribution in [2.75, 3.05) is 18.1 Å². The SMILES string of the molecule is CCc1cc(CNCC2CCSC2)n(C)n1. The van der Waals surface area contributed by atoms with Crippen molar-refractivity contribution in [3.8, 4) is 0 Å². The molecule has 0 aromatic carbocycles. The summed E-state index contributed by atoms with van der Waals surface area (Å²) < 4.78 is 2.00. The van der Waals surface area contributed by atoms with E-state index < -0.39 is 0 Å². The van der Waals surface area contributed by atoms with E-state index >= 15 is 0 Å². The fourth-order valence-corrected chi connectivity index (χ4v) is 3.34. The molecule has 1 aromatic rings. The van der Waals surface area contributed by atoms with Crippen molar-refractivity contribution in [2.24, 2.45) is 13.0 Å². The smallest absolute Gasteiger partial charge is 0.0625 e. The highest BCUT2D eigenvalue weighted by atomic mass is 32.2. The molecule has 2 rings (SSSR count). The van der Waals surface area contributed by atoms with E-state index in [2.05, 4.69) is 35.2 Å². The fraction of sp³-hybridized carbons (Fsp3) is 0.750. The van der Waals surface area contributed by atoms with Gasteiger partial charge in [0.05, 0.1) is 11.4 Å². The van der Waals surface area contributed by atoms with Gasteiger partial charge in [0.15, 0.2) is 0 Å². The van der Waals surface area contributed by atoms with Crippen molar-refractivity contribution in [1.82, 2.24) is 15.1 Å². The maximum atomic E-state index is 4.45. The molecule has 2 heterocycles. The summed E-state index contributed by atoms with van der Waals surface area (Å²) in [5.74, 6) is 3.56. The minimum Gasteiger partial charge on any atom is -0.311 e. The third-order valence-corrected chi connectivity index (χ3v) is 4.38. The lowest BCUT2D eigenvalue weighted by molar-refractivity contribution is 0.512. The molecule has 0 spiro atoms. The molecule has 1 aromatic heterocycles. The van der Waals surface area contributed by atoms with Crippen molar-refractivity contribution in [1.29, 1.82) is 0 Å². The first kappa shape index (κ1) is 12.0. The molecule has 0 bridgehead atoms. The van der Waals surface area contributed by atoms with Gasteiger partial charge in [-0.1, -0.05) is 6.92 Å². The molecule has 16 heavy (non-hydrogen) atoms. The molecule has 1 aliphatic rings.